The first-order valence-corrected chi connectivity index (χ1v) is 10.9. The van der Waals surface area contributed by atoms with Crippen molar-refractivity contribution in [3.8, 4) is 5.75 Å². The van der Waals surface area contributed by atoms with Gasteiger partial charge in [-0.3, -0.25) is 9.59 Å². The number of amides is 2. The molecule has 2 saturated heterocycles. The Morgan fingerprint density at radius 3 is 2.31 bits per heavy atom. The second kappa shape index (κ2) is 9.61. The molecular formula is C23H35N3O3. The maximum Gasteiger partial charge on any atom is 0.260 e. The predicted octanol–water partition coefficient (Wildman–Crippen LogP) is 3.02. The minimum absolute atomic E-state index is 0.0351. The Labute approximate surface area is 174 Å². The maximum absolute atomic E-state index is 12.8. The summed E-state index contributed by atoms with van der Waals surface area (Å²) in [5, 5.41) is 0. The number of hydrogen-bond acceptors (Lipinski definition) is 4. The van der Waals surface area contributed by atoms with Crippen LogP contribution in [0.2, 0.25) is 0 Å². The summed E-state index contributed by atoms with van der Waals surface area (Å²) < 4.78 is 5.72. The van der Waals surface area contributed by atoms with Gasteiger partial charge in [0.1, 0.15) is 5.75 Å². The van der Waals surface area contributed by atoms with Crippen LogP contribution in [0.4, 0.5) is 0 Å². The molecule has 3 atom stereocenters. The molecule has 1 aromatic carbocycles. The van der Waals surface area contributed by atoms with Crippen LogP contribution in [0, 0.1) is 0 Å². The van der Waals surface area contributed by atoms with Crippen LogP contribution in [-0.4, -0.2) is 78.4 Å². The fraction of sp³-hybridized carbons (Fsp3) is 0.652. The predicted molar refractivity (Wildman–Crippen MR) is 114 cm³/mol. The van der Waals surface area contributed by atoms with Crippen molar-refractivity contribution in [2.75, 3.05) is 33.8 Å². The number of carbonyl (C=O) groups is 2. The first kappa shape index (κ1) is 21.6. The molecule has 0 radical (unpaired) electrons. The number of rotatable bonds is 5. The van der Waals surface area contributed by atoms with Gasteiger partial charge in [-0.25, -0.2) is 0 Å². The van der Waals surface area contributed by atoms with Gasteiger partial charge in [0.05, 0.1) is 0 Å². The second-order valence-corrected chi connectivity index (χ2v) is 8.75. The topological polar surface area (TPSA) is 53.1 Å². The van der Waals surface area contributed by atoms with Crippen molar-refractivity contribution in [2.24, 2.45) is 0 Å². The van der Waals surface area contributed by atoms with E-state index >= 15 is 0 Å². The third kappa shape index (κ3) is 5.30. The lowest BCUT2D eigenvalue weighted by atomic mass is 9.97. The molecule has 2 amide bonds. The molecular weight excluding hydrogens is 366 g/mol. The lowest BCUT2D eigenvalue weighted by Crippen LogP contribution is -2.49. The van der Waals surface area contributed by atoms with Crippen molar-refractivity contribution >= 4 is 11.8 Å². The van der Waals surface area contributed by atoms with Crippen molar-refractivity contribution in [2.45, 2.75) is 64.1 Å². The highest BCUT2D eigenvalue weighted by molar-refractivity contribution is 5.94. The number of hydrogen-bond donors (Lipinski definition) is 0. The molecule has 0 N–H and O–H groups in total. The Morgan fingerprint density at radius 1 is 1.03 bits per heavy atom. The number of piperidine rings is 2. The molecule has 0 bridgehead atoms. The van der Waals surface area contributed by atoms with E-state index in [2.05, 4.69) is 32.8 Å². The monoisotopic (exact) mass is 401 g/mol. The van der Waals surface area contributed by atoms with Crippen LogP contribution < -0.4 is 4.74 Å². The molecule has 6 heteroatoms. The molecule has 2 heterocycles. The highest BCUT2D eigenvalue weighted by Crippen LogP contribution is 2.23. The van der Waals surface area contributed by atoms with Crippen LogP contribution in [-0.2, 0) is 4.79 Å². The van der Waals surface area contributed by atoms with E-state index in [1.807, 2.05) is 9.80 Å². The van der Waals surface area contributed by atoms with E-state index in [0.29, 0.717) is 17.4 Å². The van der Waals surface area contributed by atoms with Crippen molar-refractivity contribution < 1.29 is 14.3 Å². The Morgan fingerprint density at radius 2 is 1.69 bits per heavy atom. The van der Waals surface area contributed by atoms with Crippen LogP contribution in [0.25, 0.3) is 0 Å². The summed E-state index contributed by atoms with van der Waals surface area (Å²) in [4.78, 5) is 31.5. The lowest BCUT2D eigenvalue weighted by molar-refractivity contribution is -0.139. The van der Waals surface area contributed by atoms with Crippen molar-refractivity contribution in [1.29, 1.82) is 0 Å². The third-order valence-electron chi connectivity index (χ3n) is 6.36. The van der Waals surface area contributed by atoms with E-state index in [4.69, 9.17) is 4.74 Å². The van der Waals surface area contributed by atoms with Crippen LogP contribution in [0.1, 0.15) is 56.3 Å². The minimum Gasteiger partial charge on any atom is -0.484 e. The molecule has 29 heavy (non-hydrogen) atoms. The summed E-state index contributed by atoms with van der Waals surface area (Å²) in [7, 11) is 4.13. The molecule has 2 aliphatic rings. The van der Waals surface area contributed by atoms with Crippen LogP contribution >= 0.6 is 0 Å². The SMILES string of the molecule is CC1CCCC(C)N1C(=O)COc1ccc(C(=O)N2CCCC(N(C)C)C2)cc1. The molecule has 6 nitrogen and oxygen atoms in total. The van der Waals surface area contributed by atoms with Crippen molar-refractivity contribution in [3.63, 3.8) is 0 Å². The standard InChI is InChI=1S/C23H35N3O3/c1-17-7-5-8-18(2)26(17)22(27)16-29-21-12-10-19(11-13-21)23(28)25-14-6-9-20(15-25)24(3)4/h10-13,17-18,20H,5-9,14-16H2,1-4H3. The van der Waals surface area contributed by atoms with Gasteiger partial charge < -0.3 is 19.4 Å². The molecule has 0 spiro atoms. The molecule has 3 unspecified atom stereocenters. The molecule has 0 aliphatic carbocycles. The van der Waals surface area contributed by atoms with Crippen molar-refractivity contribution in [1.82, 2.24) is 14.7 Å². The molecule has 3 rings (SSSR count). The quantitative estimate of drug-likeness (QED) is 0.761. The fourth-order valence-electron chi connectivity index (χ4n) is 4.57. The highest BCUT2D eigenvalue weighted by atomic mass is 16.5. The van der Waals surface area contributed by atoms with Gasteiger partial charge in [-0.05, 0) is 84.3 Å². The summed E-state index contributed by atoms with van der Waals surface area (Å²) in [6, 6.07) is 8.13. The number of carbonyl (C=O) groups excluding carboxylic acids is 2. The van der Waals surface area contributed by atoms with Gasteiger partial charge in [0.25, 0.3) is 11.8 Å². The zero-order valence-corrected chi connectivity index (χ0v) is 18.3. The van der Waals surface area contributed by atoms with E-state index in [9.17, 15) is 9.59 Å². The molecule has 2 aliphatic heterocycles. The van der Waals surface area contributed by atoms with Crippen LogP contribution in [0.3, 0.4) is 0 Å². The van der Waals surface area contributed by atoms with Gasteiger partial charge in [0.2, 0.25) is 0 Å². The van der Waals surface area contributed by atoms with E-state index in [-0.39, 0.29) is 30.5 Å². The zero-order valence-electron chi connectivity index (χ0n) is 18.3. The Hall–Kier alpha value is -2.08. The molecule has 1 aromatic rings. The minimum atomic E-state index is 0.0351. The molecule has 160 valence electrons. The number of ether oxygens (including phenoxy) is 1. The maximum atomic E-state index is 12.8. The Kier molecular flexibility index (Phi) is 7.17. The zero-order chi connectivity index (χ0) is 21.0. The molecule has 0 saturated carbocycles. The third-order valence-corrected chi connectivity index (χ3v) is 6.36. The van der Waals surface area contributed by atoms with Gasteiger partial charge in [-0.2, -0.15) is 0 Å². The van der Waals surface area contributed by atoms with Crippen molar-refractivity contribution in [3.05, 3.63) is 29.8 Å². The number of nitrogens with zero attached hydrogens (tertiary/aromatic N) is 3. The fourth-order valence-corrected chi connectivity index (χ4v) is 4.57. The average Bonchev–Trinajstić information content (AvgIpc) is 2.72. The normalized spacial score (nSPS) is 25.2. The summed E-state index contributed by atoms with van der Waals surface area (Å²) in [6.45, 7) is 5.83. The van der Waals surface area contributed by atoms with Gasteiger partial charge in [0.15, 0.2) is 6.61 Å². The van der Waals surface area contributed by atoms with Gasteiger partial charge in [-0.15, -0.1) is 0 Å². The summed E-state index contributed by atoms with van der Waals surface area (Å²) >= 11 is 0. The van der Waals surface area contributed by atoms with E-state index in [0.717, 1.165) is 38.8 Å². The van der Waals surface area contributed by atoms with E-state index in [1.54, 1.807) is 24.3 Å². The Balaban J connectivity index is 1.54. The molecule has 0 aromatic heterocycles. The van der Waals surface area contributed by atoms with E-state index in [1.165, 1.54) is 6.42 Å². The number of likely N-dealkylation sites (N-methyl/N-ethyl adjacent to an activating group) is 1. The smallest absolute Gasteiger partial charge is 0.260 e. The molecule has 2 fully saturated rings. The number of benzene rings is 1. The van der Waals surface area contributed by atoms with Gasteiger partial charge in [0, 0.05) is 36.8 Å². The van der Waals surface area contributed by atoms with Crippen LogP contribution in [0.5, 0.6) is 5.75 Å². The lowest BCUT2D eigenvalue weighted by Gasteiger charge is -2.39. The van der Waals surface area contributed by atoms with Gasteiger partial charge in [-0.1, -0.05) is 0 Å². The summed E-state index contributed by atoms with van der Waals surface area (Å²) in [6.07, 6.45) is 5.45. The number of likely N-dealkylation sites (tertiary alicyclic amines) is 2. The average molecular weight is 402 g/mol. The van der Waals surface area contributed by atoms with Crippen LogP contribution in [0.15, 0.2) is 24.3 Å². The Bertz CT molecular complexity index is 694. The highest BCUT2D eigenvalue weighted by Gasteiger charge is 2.29. The van der Waals surface area contributed by atoms with E-state index < -0.39 is 0 Å². The first-order valence-electron chi connectivity index (χ1n) is 10.9. The second-order valence-electron chi connectivity index (χ2n) is 8.75. The van der Waals surface area contributed by atoms with Gasteiger partial charge >= 0.3 is 0 Å². The first-order chi connectivity index (χ1) is 13.9. The summed E-state index contributed by atoms with van der Waals surface area (Å²) in [5.41, 5.74) is 0.668. The summed E-state index contributed by atoms with van der Waals surface area (Å²) in [5.74, 6) is 0.722. The largest absolute Gasteiger partial charge is 0.484 e.